The van der Waals surface area contributed by atoms with Gasteiger partial charge in [-0.1, -0.05) is 28.1 Å². The number of nitrogens with zero attached hydrogens (tertiary/aromatic N) is 1. The van der Waals surface area contributed by atoms with Crippen LogP contribution in [0, 0.1) is 11.8 Å². The molecule has 3 aromatic rings. The topological polar surface area (TPSA) is 158 Å². The van der Waals surface area contributed by atoms with E-state index in [0.717, 1.165) is 22.9 Å². The van der Waals surface area contributed by atoms with Crippen molar-refractivity contribution in [2.75, 3.05) is 11.9 Å². The number of anilines is 1. The van der Waals surface area contributed by atoms with Crippen molar-refractivity contribution in [1.29, 1.82) is 0 Å². The lowest BCUT2D eigenvalue weighted by Crippen LogP contribution is -2.48. The molecule has 1 aliphatic rings. The lowest BCUT2D eigenvalue weighted by Gasteiger charge is -2.29. The number of nitrogens with one attached hydrogen (secondary N) is 5. The molecule has 1 aromatic heterocycles. The number of rotatable bonds is 9. The first-order valence-corrected chi connectivity index (χ1v) is 14.8. The van der Waals surface area contributed by atoms with Crippen LogP contribution in [0.5, 0.6) is 0 Å². The van der Waals surface area contributed by atoms with Crippen molar-refractivity contribution in [3.8, 4) is 11.4 Å². The number of hydrogen-bond donors (Lipinski definition) is 5. The van der Waals surface area contributed by atoms with E-state index in [1.165, 1.54) is 0 Å². The molecule has 1 heterocycles. The fraction of sp³-hybridized carbons (Fsp3) is 0.433. The van der Waals surface area contributed by atoms with Crippen molar-refractivity contribution in [3.05, 3.63) is 69.1 Å². The smallest absolute Gasteiger partial charge is 0.407 e. The van der Waals surface area contributed by atoms with Crippen molar-refractivity contribution >= 4 is 39.5 Å². The summed E-state index contributed by atoms with van der Waals surface area (Å²) in [7, 11) is 0. The van der Waals surface area contributed by atoms with E-state index in [4.69, 9.17) is 4.74 Å². The van der Waals surface area contributed by atoms with Gasteiger partial charge in [0.1, 0.15) is 11.6 Å². The molecule has 1 saturated carbocycles. The highest BCUT2D eigenvalue weighted by atomic mass is 79.9. The van der Waals surface area contributed by atoms with Gasteiger partial charge in [0, 0.05) is 34.6 Å². The van der Waals surface area contributed by atoms with Crippen molar-refractivity contribution in [2.45, 2.75) is 64.5 Å². The zero-order valence-electron chi connectivity index (χ0n) is 24.0. The van der Waals surface area contributed by atoms with Gasteiger partial charge in [-0.05, 0) is 94.3 Å². The van der Waals surface area contributed by atoms with E-state index in [2.05, 4.69) is 47.1 Å². The maximum Gasteiger partial charge on any atom is 0.407 e. The largest absolute Gasteiger partial charge is 0.444 e. The molecule has 0 spiro atoms. The molecule has 0 bridgehead atoms. The molecule has 1 atom stereocenters. The van der Waals surface area contributed by atoms with Gasteiger partial charge in [-0.25, -0.2) is 14.7 Å². The minimum atomic E-state index is -0.791. The van der Waals surface area contributed by atoms with Crippen LogP contribution >= 0.6 is 15.9 Å². The van der Waals surface area contributed by atoms with Gasteiger partial charge in [-0.2, -0.15) is 5.10 Å². The summed E-state index contributed by atoms with van der Waals surface area (Å²) in [6.45, 7) is 5.97. The van der Waals surface area contributed by atoms with Crippen LogP contribution in [0.3, 0.4) is 0 Å². The Morgan fingerprint density at radius 2 is 1.79 bits per heavy atom. The zero-order valence-corrected chi connectivity index (χ0v) is 25.5. The molecule has 224 valence electrons. The average Bonchev–Trinajstić information content (AvgIpc) is 3.37. The Bertz CT molecular complexity index is 1440. The molecule has 2 aromatic carbocycles. The van der Waals surface area contributed by atoms with E-state index in [1.807, 2.05) is 45.0 Å². The fourth-order valence-electron chi connectivity index (χ4n) is 4.92. The Labute approximate surface area is 252 Å². The third-order valence-electron chi connectivity index (χ3n) is 7.04. The van der Waals surface area contributed by atoms with Gasteiger partial charge >= 0.3 is 11.8 Å². The SMILES string of the molecule is CC(C)(C)OC(=O)NCC1CCC(C(=O)NC(Cc2cccc(Br)c2)C(=O)Nc2ccc(-c3n[nH]c(=O)[nH]3)cc2)CC1. The number of benzene rings is 2. The maximum absolute atomic E-state index is 13.4. The maximum atomic E-state index is 13.4. The Kier molecular flexibility index (Phi) is 10.2. The minimum Gasteiger partial charge on any atom is -0.444 e. The van der Waals surface area contributed by atoms with E-state index in [1.54, 1.807) is 24.3 Å². The number of carbonyl (C=O) groups is 3. The first-order chi connectivity index (χ1) is 19.9. The third-order valence-corrected chi connectivity index (χ3v) is 7.53. The predicted octanol–water partition coefficient (Wildman–Crippen LogP) is 4.52. The summed E-state index contributed by atoms with van der Waals surface area (Å²) in [4.78, 5) is 52.7. The lowest BCUT2D eigenvalue weighted by molar-refractivity contribution is -0.130. The first-order valence-electron chi connectivity index (χ1n) is 14.0. The van der Waals surface area contributed by atoms with Gasteiger partial charge in [0.05, 0.1) is 0 Å². The van der Waals surface area contributed by atoms with Gasteiger partial charge in [0.2, 0.25) is 11.8 Å². The Balaban J connectivity index is 1.36. The van der Waals surface area contributed by atoms with E-state index in [-0.39, 0.29) is 23.7 Å². The van der Waals surface area contributed by atoms with Gasteiger partial charge < -0.3 is 20.7 Å². The predicted molar refractivity (Wildman–Crippen MR) is 163 cm³/mol. The van der Waals surface area contributed by atoms with Gasteiger partial charge in [-0.15, -0.1) is 0 Å². The second-order valence-corrected chi connectivity index (χ2v) is 12.5. The van der Waals surface area contributed by atoms with Crippen LogP contribution in [-0.4, -0.2) is 51.3 Å². The minimum absolute atomic E-state index is 0.151. The van der Waals surface area contributed by atoms with Crippen LogP contribution in [0.1, 0.15) is 52.0 Å². The molecule has 0 aliphatic heterocycles. The molecule has 12 heteroatoms. The number of H-pyrrole nitrogens is 2. The fourth-order valence-corrected chi connectivity index (χ4v) is 5.36. The summed E-state index contributed by atoms with van der Waals surface area (Å²) in [5.74, 6) is -0.0328. The van der Waals surface area contributed by atoms with Crippen LogP contribution < -0.4 is 21.6 Å². The molecule has 1 unspecified atom stereocenters. The number of halogens is 1. The van der Waals surface area contributed by atoms with Gasteiger partial charge in [0.25, 0.3) is 0 Å². The number of hydrogen-bond acceptors (Lipinski definition) is 6. The summed E-state index contributed by atoms with van der Waals surface area (Å²) < 4.78 is 6.19. The summed E-state index contributed by atoms with van der Waals surface area (Å²) in [5, 5.41) is 15.0. The first kappa shape index (κ1) is 31.0. The Morgan fingerprint density at radius 1 is 1.07 bits per heavy atom. The van der Waals surface area contributed by atoms with Crippen LogP contribution in [0.15, 0.2) is 57.8 Å². The third kappa shape index (κ3) is 9.30. The van der Waals surface area contributed by atoms with Crippen LogP contribution in [0.25, 0.3) is 11.4 Å². The molecule has 0 radical (unpaired) electrons. The molecule has 4 rings (SSSR count). The highest BCUT2D eigenvalue weighted by Gasteiger charge is 2.30. The number of aromatic amines is 2. The second kappa shape index (κ2) is 13.8. The molecule has 0 saturated heterocycles. The molecule has 1 aliphatic carbocycles. The molecule has 1 fully saturated rings. The zero-order chi connectivity index (χ0) is 30.3. The van der Waals surface area contributed by atoms with Gasteiger partial charge in [0.15, 0.2) is 5.82 Å². The van der Waals surface area contributed by atoms with Crippen molar-refractivity contribution < 1.29 is 19.1 Å². The molecular formula is C30H37BrN6O5. The highest BCUT2D eigenvalue weighted by molar-refractivity contribution is 9.10. The van der Waals surface area contributed by atoms with E-state index >= 15 is 0 Å². The quantitative estimate of drug-likeness (QED) is 0.231. The van der Waals surface area contributed by atoms with Crippen molar-refractivity contribution in [3.63, 3.8) is 0 Å². The number of aromatic nitrogens is 3. The van der Waals surface area contributed by atoms with Crippen LogP contribution in [0.4, 0.5) is 10.5 Å². The van der Waals surface area contributed by atoms with E-state index in [0.29, 0.717) is 42.9 Å². The normalized spacial score (nSPS) is 17.6. The summed E-state index contributed by atoms with van der Waals surface area (Å²) >= 11 is 3.47. The number of alkyl carbamates (subject to hydrolysis) is 1. The molecule has 3 amide bonds. The van der Waals surface area contributed by atoms with Crippen LogP contribution in [0.2, 0.25) is 0 Å². The van der Waals surface area contributed by atoms with Crippen molar-refractivity contribution in [2.24, 2.45) is 11.8 Å². The summed E-state index contributed by atoms with van der Waals surface area (Å²) in [5.41, 5.74) is 1.18. The Hall–Kier alpha value is -3.93. The van der Waals surface area contributed by atoms with Crippen LogP contribution in [-0.2, 0) is 20.7 Å². The molecule has 5 N–H and O–H groups in total. The lowest BCUT2D eigenvalue weighted by atomic mass is 9.81. The summed E-state index contributed by atoms with van der Waals surface area (Å²) in [6.07, 6.45) is 2.82. The highest BCUT2D eigenvalue weighted by Crippen LogP contribution is 2.29. The average molecular weight is 642 g/mol. The number of ether oxygens (including phenoxy) is 1. The second-order valence-electron chi connectivity index (χ2n) is 11.6. The Morgan fingerprint density at radius 3 is 2.40 bits per heavy atom. The van der Waals surface area contributed by atoms with E-state index < -0.39 is 23.4 Å². The molecular weight excluding hydrogens is 604 g/mol. The van der Waals surface area contributed by atoms with Gasteiger partial charge in [-0.3, -0.25) is 14.6 Å². The summed E-state index contributed by atoms with van der Waals surface area (Å²) in [6, 6.07) is 13.7. The van der Waals surface area contributed by atoms with E-state index in [9.17, 15) is 19.2 Å². The standard InChI is InChI=1S/C30H37BrN6O5/c1-30(2,3)42-29(41)32-17-18-7-9-21(10-8-18)26(38)34-24(16-19-5-4-6-22(31)15-19)27(39)33-23-13-11-20(12-14-23)25-35-28(40)37-36-25/h4-6,11-15,18,21,24H,7-10,16-17H2,1-3H3,(H,32,41)(H,33,39)(H,34,38)(H2,35,36,37,40). The molecule has 11 nitrogen and oxygen atoms in total. The number of amides is 3. The monoisotopic (exact) mass is 640 g/mol. The van der Waals surface area contributed by atoms with Crippen molar-refractivity contribution in [1.82, 2.24) is 25.8 Å². The molecule has 42 heavy (non-hydrogen) atoms. The number of carbonyl (C=O) groups excluding carboxylic acids is 3.